The summed E-state index contributed by atoms with van der Waals surface area (Å²) in [5.41, 5.74) is 6.35. The van der Waals surface area contributed by atoms with Gasteiger partial charge in [0, 0.05) is 24.3 Å². The topological polar surface area (TPSA) is 38.1 Å². The zero-order chi connectivity index (χ0) is 18.2. The van der Waals surface area contributed by atoms with E-state index in [1.165, 1.54) is 11.1 Å². The lowest BCUT2D eigenvalue weighted by Gasteiger charge is -2.29. The lowest BCUT2D eigenvalue weighted by atomic mass is 9.99. The average Bonchev–Trinajstić information content (AvgIpc) is 3.17. The summed E-state index contributed by atoms with van der Waals surface area (Å²) in [4.78, 5) is 19.3. The van der Waals surface area contributed by atoms with Gasteiger partial charge in [-0.25, -0.2) is 4.98 Å². The van der Waals surface area contributed by atoms with Crippen LogP contribution in [0.3, 0.4) is 0 Å². The van der Waals surface area contributed by atoms with Crippen LogP contribution < -0.4 is 0 Å². The Hall–Kier alpha value is -3.40. The predicted molar refractivity (Wildman–Crippen MR) is 106 cm³/mol. The van der Waals surface area contributed by atoms with E-state index in [-0.39, 0.29) is 5.91 Å². The molecule has 0 fully saturated rings. The zero-order valence-corrected chi connectivity index (χ0v) is 14.9. The zero-order valence-electron chi connectivity index (χ0n) is 14.9. The van der Waals surface area contributed by atoms with Gasteiger partial charge in [0.25, 0.3) is 5.91 Å². The van der Waals surface area contributed by atoms with Crippen LogP contribution in [0.1, 0.15) is 21.5 Å². The lowest BCUT2D eigenvalue weighted by molar-refractivity contribution is 0.0734. The highest BCUT2D eigenvalue weighted by molar-refractivity contribution is 5.94. The van der Waals surface area contributed by atoms with Crippen molar-refractivity contribution in [2.45, 2.75) is 13.0 Å². The number of nitrogens with zero attached hydrogens (tertiary/aromatic N) is 3. The van der Waals surface area contributed by atoms with E-state index < -0.39 is 0 Å². The number of aromatic nitrogens is 2. The molecule has 1 aliphatic heterocycles. The molecule has 132 valence electrons. The smallest absolute Gasteiger partial charge is 0.254 e. The van der Waals surface area contributed by atoms with Gasteiger partial charge in [-0.1, -0.05) is 36.4 Å². The quantitative estimate of drug-likeness (QED) is 0.541. The third kappa shape index (κ3) is 2.79. The van der Waals surface area contributed by atoms with E-state index in [0.29, 0.717) is 6.54 Å². The monoisotopic (exact) mass is 353 g/mol. The molecule has 3 aromatic carbocycles. The molecule has 0 spiro atoms. The van der Waals surface area contributed by atoms with Crippen molar-refractivity contribution >= 4 is 16.9 Å². The number of fused-ring (bicyclic) bond motifs is 2. The summed E-state index contributed by atoms with van der Waals surface area (Å²) in [5.74, 6) is 0.0894. The Morgan fingerprint density at radius 3 is 2.44 bits per heavy atom. The van der Waals surface area contributed by atoms with Crippen molar-refractivity contribution in [1.29, 1.82) is 0 Å². The second-order valence-electron chi connectivity index (χ2n) is 6.90. The maximum absolute atomic E-state index is 12.9. The lowest BCUT2D eigenvalue weighted by Crippen LogP contribution is -2.35. The summed E-state index contributed by atoms with van der Waals surface area (Å²) in [6, 6.07) is 24.2. The van der Waals surface area contributed by atoms with Crippen molar-refractivity contribution in [3.63, 3.8) is 0 Å². The van der Waals surface area contributed by atoms with Crippen molar-refractivity contribution in [1.82, 2.24) is 14.5 Å². The molecule has 4 nitrogen and oxygen atoms in total. The van der Waals surface area contributed by atoms with Crippen LogP contribution in [0.2, 0.25) is 0 Å². The summed E-state index contributed by atoms with van der Waals surface area (Å²) in [5, 5.41) is 0. The fourth-order valence-electron chi connectivity index (χ4n) is 3.78. The molecular formula is C23H19N3O. The van der Waals surface area contributed by atoms with Gasteiger partial charge in [0.2, 0.25) is 0 Å². The summed E-state index contributed by atoms with van der Waals surface area (Å²) in [6.07, 6.45) is 2.74. The largest absolute Gasteiger partial charge is 0.334 e. The predicted octanol–water partition coefficient (Wildman–Crippen LogP) is 4.22. The third-order valence-electron chi connectivity index (χ3n) is 5.26. The Balaban J connectivity index is 1.40. The molecule has 0 bridgehead atoms. The summed E-state index contributed by atoms with van der Waals surface area (Å²) in [7, 11) is 0. The highest BCUT2D eigenvalue weighted by Gasteiger charge is 2.21. The van der Waals surface area contributed by atoms with Crippen molar-refractivity contribution in [3.05, 3.63) is 95.8 Å². The SMILES string of the molecule is O=C(c1ccc(-n2cnc3ccccc32)cc1)N1CCc2ccccc2C1. The molecule has 0 saturated heterocycles. The van der Waals surface area contributed by atoms with Crippen molar-refractivity contribution in [3.8, 4) is 5.69 Å². The molecule has 0 saturated carbocycles. The molecule has 1 amide bonds. The summed E-state index contributed by atoms with van der Waals surface area (Å²) < 4.78 is 2.04. The molecule has 1 aliphatic rings. The van der Waals surface area contributed by atoms with Gasteiger partial charge in [0.1, 0.15) is 6.33 Å². The number of benzene rings is 3. The van der Waals surface area contributed by atoms with Crippen LogP contribution in [0, 0.1) is 0 Å². The van der Waals surface area contributed by atoms with E-state index in [4.69, 9.17) is 0 Å². The minimum Gasteiger partial charge on any atom is -0.334 e. The normalized spacial score (nSPS) is 13.6. The Morgan fingerprint density at radius 1 is 0.852 bits per heavy atom. The number of amides is 1. The van der Waals surface area contributed by atoms with Crippen LogP contribution in [-0.2, 0) is 13.0 Å². The van der Waals surface area contributed by atoms with Gasteiger partial charge in [-0.3, -0.25) is 9.36 Å². The second kappa shape index (κ2) is 6.40. The highest BCUT2D eigenvalue weighted by Crippen LogP contribution is 2.22. The summed E-state index contributed by atoms with van der Waals surface area (Å²) >= 11 is 0. The van der Waals surface area contributed by atoms with Crippen LogP contribution in [0.5, 0.6) is 0 Å². The number of carbonyl (C=O) groups excluding carboxylic acids is 1. The van der Waals surface area contributed by atoms with E-state index in [1.807, 2.05) is 70.4 Å². The van der Waals surface area contributed by atoms with Gasteiger partial charge in [-0.2, -0.15) is 0 Å². The molecule has 27 heavy (non-hydrogen) atoms. The average molecular weight is 353 g/mol. The number of para-hydroxylation sites is 2. The van der Waals surface area contributed by atoms with Gasteiger partial charge >= 0.3 is 0 Å². The van der Waals surface area contributed by atoms with Crippen LogP contribution in [-0.4, -0.2) is 26.9 Å². The van der Waals surface area contributed by atoms with Gasteiger partial charge < -0.3 is 4.90 Å². The maximum atomic E-state index is 12.9. The first-order valence-corrected chi connectivity index (χ1v) is 9.18. The second-order valence-corrected chi connectivity index (χ2v) is 6.90. The minimum atomic E-state index is 0.0894. The number of hydrogen-bond donors (Lipinski definition) is 0. The highest BCUT2D eigenvalue weighted by atomic mass is 16.2. The number of imidazole rings is 1. The van der Waals surface area contributed by atoms with Gasteiger partial charge in [-0.15, -0.1) is 0 Å². The Labute approximate surface area is 157 Å². The fraction of sp³-hybridized carbons (Fsp3) is 0.130. The minimum absolute atomic E-state index is 0.0894. The van der Waals surface area contributed by atoms with Crippen molar-refractivity contribution in [2.75, 3.05) is 6.54 Å². The standard InChI is InChI=1S/C23H19N3O/c27-23(25-14-13-17-5-1-2-6-19(17)15-25)18-9-11-20(12-10-18)26-16-24-21-7-3-4-8-22(21)26/h1-12,16H,13-15H2. The van der Waals surface area contributed by atoms with Crippen LogP contribution >= 0.6 is 0 Å². The Kier molecular flexibility index (Phi) is 3.75. The molecule has 2 heterocycles. The van der Waals surface area contributed by atoms with Gasteiger partial charge in [0.15, 0.2) is 0 Å². The summed E-state index contributed by atoms with van der Waals surface area (Å²) in [6.45, 7) is 1.45. The molecule has 0 N–H and O–H groups in total. The van der Waals surface area contributed by atoms with Crippen LogP contribution in [0.4, 0.5) is 0 Å². The molecule has 4 heteroatoms. The van der Waals surface area contributed by atoms with Crippen LogP contribution in [0.15, 0.2) is 79.1 Å². The van der Waals surface area contributed by atoms with E-state index in [9.17, 15) is 4.79 Å². The number of rotatable bonds is 2. The number of hydrogen-bond acceptors (Lipinski definition) is 2. The molecule has 4 aromatic rings. The van der Waals surface area contributed by atoms with Gasteiger partial charge in [0.05, 0.1) is 11.0 Å². The fourth-order valence-corrected chi connectivity index (χ4v) is 3.78. The first-order chi connectivity index (χ1) is 13.3. The molecule has 1 aromatic heterocycles. The van der Waals surface area contributed by atoms with E-state index in [0.717, 1.165) is 35.2 Å². The molecule has 0 aliphatic carbocycles. The first kappa shape index (κ1) is 15.8. The van der Waals surface area contributed by atoms with Crippen molar-refractivity contribution < 1.29 is 4.79 Å². The van der Waals surface area contributed by atoms with E-state index in [1.54, 1.807) is 0 Å². The van der Waals surface area contributed by atoms with Gasteiger partial charge in [-0.05, 0) is 53.9 Å². The number of carbonyl (C=O) groups is 1. The molecular weight excluding hydrogens is 334 g/mol. The van der Waals surface area contributed by atoms with Crippen LogP contribution in [0.25, 0.3) is 16.7 Å². The maximum Gasteiger partial charge on any atom is 0.254 e. The first-order valence-electron chi connectivity index (χ1n) is 9.18. The Bertz CT molecular complexity index is 1130. The molecule has 5 rings (SSSR count). The van der Waals surface area contributed by atoms with E-state index in [2.05, 4.69) is 23.2 Å². The molecule has 0 unspecified atom stereocenters. The Morgan fingerprint density at radius 2 is 1.59 bits per heavy atom. The third-order valence-corrected chi connectivity index (χ3v) is 5.26. The van der Waals surface area contributed by atoms with E-state index >= 15 is 0 Å². The molecule has 0 radical (unpaired) electrons. The van der Waals surface area contributed by atoms with Crippen molar-refractivity contribution in [2.24, 2.45) is 0 Å². The molecule has 0 atom stereocenters.